The van der Waals surface area contributed by atoms with Gasteiger partial charge in [-0.2, -0.15) is 0 Å². The van der Waals surface area contributed by atoms with Crippen LogP contribution in [0.4, 0.5) is 5.69 Å². The molecule has 3 rings (SSSR count). The predicted octanol–water partition coefficient (Wildman–Crippen LogP) is 2.61. The lowest BCUT2D eigenvalue weighted by Crippen LogP contribution is -2.28. The number of anilines is 1. The molecule has 0 aliphatic carbocycles. The van der Waals surface area contributed by atoms with Crippen LogP contribution in [0.5, 0.6) is 0 Å². The highest BCUT2D eigenvalue weighted by Gasteiger charge is 2.15. The van der Waals surface area contributed by atoms with E-state index in [4.69, 9.17) is 0 Å². The summed E-state index contributed by atoms with van der Waals surface area (Å²) in [6.45, 7) is 6.49. The molecule has 0 atom stereocenters. The Morgan fingerprint density at radius 3 is 2.57 bits per heavy atom. The average Bonchev–Trinajstić information content (AvgIpc) is 3.20. The molecule has 8 nitrogen and oxygen atoms in total. The molecule has 2 aromatic carbocycles. The fraction of sp³-hybridized carbons (Fsp3) is 0.250. The number of nitrogens with zero attached hydrogens (tertiary/aromatic N) is 4. The largest absolute Gasteiger partial charge is 0.352 e. The number of aryl methyl sites for hydroxylation is 1. The van der Waals surface area contributed by atoms with Crippen LogP contribution in [0.1, 0.15) is 40.1 Å². The van der Waals surface area contributed by atoms with Gasteiger partial charge in [0, 0.05) is 12.1 Å². The summed E-state index contributed by atoms with van der Waals surface area (Å²) < 4.78 is 1.53. The predicted molar refractivity (Wildman–Crippen MR) is 105 cm³/mol. The lowest BCUT2D eigenvalue weighted by atomic mass is 10.1. The second kappa shape index (κ2) is 8.43. The SMILES string of the molecule is Cc1cc(C(=O)Nc2ccccc2C(=O)NCC(C)C)ccc1-n1cnnn1. The van der Waals surface area contributed by atoms with E-state index in [1.165, 1.54) is 11.0 Å². The number of para-hydroxylation sites is 1. The van der Waals surface area contributed by atoms with Crippen LogP contribution in [0.25, 0.3) is 5.69 Å². The van der Waals surface area contributed by atoms with Gasteiger partial charge in [0.2, 0.25) is 0 Å². The number of hydrogen-bond acceptors (Lipinski definition) is 5. The van der Waals surface area contributed by atoms with E-state index in [1.807, 2.05) is 20.8 Å². The molecule has 0 saturated carbocycles. The Hall–Kier alpha value is -3.55. The van der Waals surface area contributed by atoms with Crippen LogP contribution < -0.4 is 10.6 Å². The molecule has 0 bridgehead atoms. The van der Waals surface area contributed by atoms with Gasteiger partial charge in [0.05, 0.1) is 16.9 Å². The van der Waals surface area contributed by atoms with Gasteiger partial charge >= 0.3 is 0 Å². The zero-order chi connectivity index (χ0) is 20.1. The summed E-state index contributed by atoms with van der Waals surface area (Å²) in [5, 5.41) is 16.8. The van der Waals surface area contributed by atoms with Gasteiger partial charge < -0.3 is 10.6 Å². The fourth-order valence-corrected chi connectivity index (χ4v) is 2.70. The lowest BCUT2D eigenvalue weighted by molar-refractivity contribution is 0.0950. The van der Waals surface area contributed by atoms with Crippen molar-refractivity contribution in [2.75, 3.05) is 11.9 Å². The molecule has 2 N–H and O–H groups in total. The van der Waals surface area contributed by atoms with Crippen LogP contribution in [0, 0.1) is 12.8 Å². The summed E-state index contributed by atoms with van der Waals surface area (Å²) in [4.78, 5) is 25.1. The minimum absolute atomic E-state index is 0.213. The Morgan fingerprint density at radius 1 is 1.11 bits per heavy atom. The number of carbonyl (C=O) groups is 2. The maximum Gasteiger partial charge on any atom is 0.255 e. The van der Waals surface area contributed by atoms with Crippen molar-refractivity contribution in [3.8, 4) is 5.69 Å². The Kier molecular flexibility index (Phi) is 5.78. The maximum absolute atomic E-state index is 12.7. The summed E-state index contributed by atoms with van der Waals surface area (Å²) in [5.41, 5.74) is 3.01. The summed E-state index contributed by atoms with van der Waals surface area (Å²) in [6, 6.07) is 12.2. The molecule has 2 amide bonds. The Labute approximate surface area is 163 Å². The summed E-state index contributed by atoms with van der Waals surface area (Å²) in [6.07, 6.45) is 1.49. The number of benzene rings is 2. The van der Waals surface area contributed by atoms with E-state index >= 15 is 0 Å². The molecule has 0 saturated heterocycles. The van der Waals surface area contributed by atoms with Crippen molar-refractivity contribution < 1.29 is 9.59 Å². The van der Waals surface area contributed by atoms with Crippen molar-refractivity contribution in [2.45, 2.75) is 20.8 Å². The highest BCUT2D eigenvalue weighted by atomic mass is 16.2. The minimum atomic E-state index is -0.296. The van der Waals surface area contributed by atoms with E-state index in [0.29, 0.717) is 29.3 Å². The van der Waals surface area contributed by atoms with Crippen LogP contribution in [0.15, 0.2) is 48.8 Å². The molecule has 0 unspecified atom stereocenters. The highest BCUT2D eigenvalue weighted by molar-refractivity contribution is 6.09. The molecule has 3 aromatic rings. The van der Waals surface area contributed by atoms with Crippen molar-refractivity contribution in [2.24, 2.45) is 5.92 Å². The summed E-state index contributed by atoms with van der Waals surface area (Å²) in [5.74, 6) is -0.169. The van der Waals surface area contributed by atoms with Gasteiger partial charge in [-0.25, -0.2) is 4.68 Å². The number of carbonyl (C=O) groups excluding carboxylic acids is 2. The first-order chi connectivity index (χ1) is 13.5. The molecule has 1 heterocycles. The molecule has 0 radical (unpaired) electrons. The van der Waals surface area contributed by atoms with Crippen molar-refractivity contribution in [3.05, 3.63) is 65.5 Å². The first-order valence-electron chi connectivity index (χ1n) is 8.98. The van der Waals surface area contributed by atoms with Crippen molar-refractivity contribution in [3.63, 3.8) is 0 Å². The molecule has 0 spiro atoms. The van der Waals surface area contributed by atoms with Gasteiger partial charge in [-0.05, 0) is 59.2 Å². The Bertz CT molecular complexity index is 982. The van der Waals surface area contributed by atoms with Crippen LogP contribution in [-0.4, -0.2) is 38.6 Å². The standard InChI is InChI=1S/C20H22N6O2/c1-13(2)11-21-20(28)16-6-4-5-7-17(16)23-19(27)15-8-9-18(14(3)10-15)26-12-22-24-25-26/h4-10,12-13H,11H2,1-3H3,(H,21,28)(H,23,27). The van der Waals surface area contributed by atoms with Gasteiger partial charge in [-0.15, -0.1) is 5.10 Å². The second-order valence-electron chi connectivity index (χ2n) is 6.86. The third-order valence-corrected chi connectivity index (χ3v) is 4.15. The van der Waals surface area contributed by atoms with Gasteiger partial charge in [0.1, 0.15) is 6.33 Å². The van der Waals surface area contributed by atoms with Gasteiger partial charge in [0.25, 0.3) is 11.8 Å². The Morgan fingerprint density at radius 2 is 1.89 bits per heavy atom. The Balaban J connectivity index is 1.78. The molecule has 8 heteroatoms. The number of nitrogens with one attached hydrogen (secondary N) is 2. The van der Waals surface area contributed by atoms with Gasteiger partial charge in [0.15, 0.2) is 0 Å². The molecular formula is C20H22N6O2. The first kappa shape index (κ1) is 19.2. The van der Waals surface area contributed by atoms with Crippen LogP contribution in [0.2, 0.25) is 0 Å². The topological polar surface area (TPSA) is 102 Å². The summed E-state index contributed by atoms with van der Waals surface area (Å²) >= 11 is 0. The van der Waals surface area contributed by atoms with Crippen molar-refractivity contribution in [1.29, 1.82) is 0 Å². The normalized spacial score (nSPS) is 10.7. The van der Waals surface area contributed by atoms with Crippen LogP contribution in [0.3, 0.4) is 0 Å². The molecule has 28 heavy (non-hydrogen) atoms. The zero-order valence-electron chi connectivity index (χ0n) is 16.0. The third kappa shape index (κ3) is 4.40. The van der Waals surface area contributed by atoms with E-state index in [1.54, 1.807) is 42.5 Å². The smallest absolute Gasteiger partial charge is 0.255 e. The first-order valence-corrected chi connectivity index (χ1v) is 8.98. The third-order valence-electron chi connectivity index (χ3n) is 4.15. The van der Waals surface area contributed by atoms with Gasteiger partial charge in [-0.1, -0.05) is 26.0 Å². The maximum atomic E-state index is 12.7. The van der Waals surface area contributed by atoms with E-state index < -0.39 is 0 Å². The van der Waals surface area contributed by atoms with Crippen molar-refractivity contribution >= 4 is 17.5 Å². The number of aromatic nitrogens is 4. The van der Waals surface area contributed by atoms with Crippen LogP contribution in [-0.2, 0) is 0 Å². The van der Waals surface area contributed by atoms with E-state index in [9.17, 15) is 9.59 Å². The van der Waals surface area contributed by atoms with Gasteiger partial charge in [-0.3, -0.25) is 9.59 Å². The molecule has 0 fully saturated rings. The molecule has 0 aliphatic heterocycles. The summed E-state index contributed by atoms with van der Waals surface area (Å²) in [7, 11) is 0. The molecule has 144 valence electrons. The minimum Gasteiger partial charge on any atom is -0.352 e. The lowest BCUT2D eigenvalue weighted by Gasteiger charge is -2.13. The quantitative estimate of drug-likeness (QED) is 0.686. The number of tetrazole rings is 1. The van der Waals surface area contributed by atoms with E-state index in [-0.39, 0.29) is 11.8 Å². The average molecular weight is 378 g/mol. The van der Waals surface area contributed by atoms with E-state index in [2.05, 4.69) is 26.2 Å². The highest BCUT2D eigenvalue weighted by Crippen LogP contribution is 2.19. The second-order valence-corrected chi connectivity index (χ2v) is 6.86. The number of amides is 2. The monoisotopic (exact) mass is 378 g/mol. The van der Waals surface area contributed by atoms with Crippen LogP contribution >= 0.6 is 0 Å². The number of hydrogen-bond donors (Lipinski definition) is 2. The molecule has 1 aromatic heterocycles. The van der Waals surface area contributed by atoms with Crippen molar-refractivity contribution in [1.82, 2.24) is 25.5 Å². The molecule has 0 aliphatic rings. The molecular weight excluding hydrogens is 356 g/mol. The number of rotatable bonds is 6. The zero-order valence-corrected chi connectivity index (χ0v) is 16.0. The van der Waals surface area contributed by atoms with E-state index in [0.717, 1.165) is 11.3 Å². The fourth-order valence-electron chi connectivity index (χ4n) is 2.70.